The van der Waals surface area contributed by atoms with Crippen LogP contribution in [0.5, 0.6) is 11.5 Å². The maximum Gasteiger partial charge on any atom is 0.306 e. The number of para-hydroxylation sites is 1. The summed E-state index contributed by atoms with van der Waals surface area (Å²) < 4.78 is 27.1. The number of carbonyl (C=O) groups is 1. The summed E-state index contributed by atoms with van der Waals surface area (Å²) in [4.78, 5) is 10.9. The molecule has 0 amide bonds. The van der Waals surface area contributed by atoms with E-state index in [2.05, 4.69) is 0 Å². The predicted molar refractivity (Wildman–Crippen MR) is 145 cm³/mol. The van der Waals surface area contributed by atoms with E-state index < -0.39 is 24.3 Å². The number of carboxylic acid groups (broad SMARTS) is 1. The monoisotopic (exact) mass is 533 g/mol. The number of hydrogen-bond donors (Lipinski definition) is 3. The summed E-state index contributed by atoms with van der Waals surface area (Å²) in [5.41, 5.74) is 3.10. The topological polar surface area (TPSA) is 103 Å². The molecule has 0 aliphatic carbocycles. The van der Waals surface area contributed by atoms with Gasteiger partial charge in [-0.2, -0.15) is 5.06 Å². The molecule has 39 heavy (non-hydrogen) atoms. The normalized spacial score (nSPS) is 12.2. The summed E-state index contributed by atoms with van der Waals surface area (Å²) in [7, 11) is 0. The molecule has 7 nitrogen and oxygen atoms in total. The highest BCUT2D eigenvalue weighted by Gasteiger charge is 2.26. The van der Waals surface area contributed by atoms with E-state index in [9.17, 15) is 19.5 Å². The number of aliphatic carboxylic acids is 1. The van der Waals surface area contributed by atoms with Gasteiger partial charge in [-0.25, -0.2) is 4.39 Å². The first-order valence-electron chi connectivity index (χ1n) is 12.8. The van der Waals surface area contributed by atoms with Gasteiger partial charge in [0.25, 0.3) is 0 Å². The zero-order valence-corrected chi connectivity index (χ0v) is 21.9. The molecule has 0 saturated carbocycles. The van der Waals surface area contributed by atoms with Gasteiger partial charge in [-0.05, 0) is 36.2 Å². The minimum Gasteiger partial charge on any atom is -0.481 e. The first kappa shape index (κ1) is 28.0. The third-order valence-electron chi connectivity index (χ3n) is 6.24. The van der Waals surface area contributed by atoms with Crippen molar-refractivity contribution in [3.8, 4) is 33.9 Å². The SMILES string of the molecule is CC(C)c1oc(-c2ccccc2)c(-c2ccc(F)c(Oc3ccccc3)c2)c1CCN(O)CC(O)CC(=O)O. The average molecular weight is 534 g/mol. The first-order chi connectivity index (χ1) is 18.7. The third-order valence-corrected chi connectivity index (χ3v) is 6.24. The van der Waals surface area contributed by atoms with Gasteiger partial charge in [-0.3, -0.25) is 4.79 Å². The first-order valence-corrected chi connectivity index (χ1v) is 12.8. The molecule has 3 N–H and O–H groups in total. The Morgan fingerprint density at radius 2 is 1.67 bits per heavy atom. The van der Waals surface area contributed by atoms with E-state index in [0.717, 1.165) is 27.5 Å². The number of halogens is 1. The molecule has 0 bridgehead atoms. The van der Waals surface area contributed by atoms with Crippen molar-refractivity contribution in [2.24, 2.45) is 0 Å². The number of aliphatic hydroxyl groups is 1. The molecule has 8 heteroatoms. The Balaban J connectivity index is 1.76. The van der Waals surface area contributed by atoms with Gasteiger partial charge in [0.2, 0.25) is 0 Å². The van der Waals surface area contributed by atoms with Gasteiger partial charge in [-0.1, -0.05) is 68.4 Å². The van der Waals surface area contributed by atoms with Crippen LogP contribution in [0.2, 0.25) is 0 Å². The number of rotatable bonds is 12. The Hall–Kier alpha value is -3.98. The van der Waals surface area contributed by atoms with Crippen molar-refractivity contribution >= 4 is 5.97 Å². The van der Waals surface area contributed by atoms with E-state index in [1.165, 1.54) is 6.07 Å². The van der Waals surface area contributed by atoms with Crippen molar-refractivity contribution in [2.45, 2.75) is 38.7 Å². The van der Waals surface area contributed by atoms with Crippen LogP contribution in [0.3, 0.4) is 0 Å². The fourth-order valence-corrected chi connectivity index (χ4v) is 4.49. The van der Waals surface area contributed by atoms with Crippen LogP contribution in [-0.4, -0.2) is 45.6 Å². The molecule has 4 rings (SSSR count). The molecule has 0 aliphatic heterocycles. The van der Waals surface area contributed by atoms with Gasteiger partial charge in [0.1, 0.15) is 17.3 Å². The minimum atomic E-state index is -1.21. The number of carboxylic acids is 1. The van der Waals surface area contributed by atoms with E-state index in [0.29, 0.717) is 23.5 Å². The molecule has 3 aromatic carbocycles. The fraction of sp³-hybridized carbons (Fsp3) is 0.258. The van der Waals surface area contributed by atoms with Crippen molar-refractivity contribution in [1.29, 1.82) is 0 Å². The molecule has 1 unspecified atom stereocenters. The van der Waals surface area contributed by atoms with Crippen LogP contribution in [-0.2, 0) is 11.2 Å². The Morgan fingerprint density at radius 1 is 1.00 bits per heavy atom. The second kappa shape index (κ2) is 12.7. The molecule has 204 valence electrons. The maximum absolute atomic E-state index is 14.8. The number of ether oxygens (including phenoxy) is 1. The molecule has 1 heterocycles. The molecule has 0 spiro atoms. The number of furan rings is 1. The van der Waals surface area contributed by atoms with Crippen LogP contribution in [0.15, 0.2) is 83.3 Å². The molecule has 4 aromatic rings. The molecule has 0 saturated heterocycles. The standard InChI is InChI=1S/C31H32FNO6/c1-20(2)30-25(15-16-33(37)19-23(34)18-28(35)36)29(31(39-30)21-9-5-3-6-10-21)22-13-14-26(32)27(17-22)38-24-11-7-4-8-12-24/h3-14,17,20,23,34,37H,15-16,18-19H2,1-2H3,(H,35,36). The zero-order valence-electron chi connectivity index (χ0n) is 21.9. The van der Waals surface area contributed by atoms with Gasteiger partial charge in [0.05, 0.1) is 19.1 Å². The van der Waals surface area contributed by atoms with E-state index in [4.69, 9.17) is 14.3 Å². The van der Waals surface area contributed by atoms with E-state index in [1.54, 1.807) is 24.3 Å². The third kappa shape index (κ3) is 7.11. The molecule has 0 aliphatic rings. The summed E-state index contributed by atoms with van der Waals surface area (Å²) in [5.74, 6) is 0.250. The number of benzene rings is 3. The summed E-state index contributed by atoms with van der Waals surface area (Å²) in [5, 5.41) is 30.2. The highest BCUT2D eigenvalue weighted by atomic mass is 19.1. The van der Waals surface area contributed by atoms with Crippen LogP contribution < -0.4 is 4.74 Å². The lowest BCUT2D eigenvalue weighted by atomic mass is 9.93. The number of hydroxylamine groups is 2. The van der Waals surface area contributed by atoms with Gasteiger partial charge >= 0.3 is 5.97 Å². The second-order valence-corrected chi connectivity index (χ2v) is 9.64. The van der Waals surface area contributed by atoms with Crippen LogP contribution >= 0.6 is 0 Å². The van der Waals surface area contributed by atoms with Gasteiger partial charge in [-0.15, -0.1) is 0 Å². The highest BCUT2D eigenvalue weighted by molar-refractivity contribution is 5.84. The van der Waals surface area contributed by atoms with Crippen molar-refractivity contribution in [1.82, 2.24) is 5.06 Å². The molecule has 0 radical (unpaired) electrons. The summed E-state index contributed by atoms with van der Waals surface area (Å²) >= 11 is 0. The van der Waals surface area contributed by atoms with Crippen LogP contribution in [0.4, 0.5) is 4.39 Å². The number of hydrogen-bond acceptors (Lipinski definition) is 6. The summed E-state index contributed by atoms with van der Waals surface area (Å²) in [6.45, 7) is 3.91. The van der Waals surface area contributed by atoms with Crippen LogP contribution in [0.25, 0.3) is 22.5 Å². The van der Waals surface area contributed by atoms with Crippen molar-refractivity contribution < 1.29 is 33.8 Å². The van der Waals surface area contributed by atoms with Crippen LogP contribution in [0, 0.1) is 5.82 Å². The molecular weight excluding hydrogens is 501 g/mol. The van der Waals surface area contributed by atoms with E-state index in [1.807, 2.05) is 62.4 Å². The van der Waals surface area contributed by atoms with E-state index in [-0.39, 0.29) is 24.8 Å². The summed E-state index contributed by atoms with van der Waals surface area (Å²) in [6.07, 6.45) is -1.35. The van der Waals surface area contributed by atoms with Crippen LogP contribution in [0.1, 0.15) is 37.5 Å². The van der Waals surface area contributed by atoms with Crippen molar-refractivity contribution in [2.75, 3.05) is 13.1 Å². The zero-order chi connectivity index (χ0) is 27.9. The largest absolute Gasteiger partial charge is 0.481 e. The average Bonchev–Trinajstić information content (AvgIpc) is 3.29. The lowest BCUT2D eigenvalue weighted by molar-refractivity contribution is -0.143. The summed E-state index contributed by atoms with van der Waals surface area (Å²) in [6, 6.07) is 23.2. The minimum absolute atomic E-state index is 0.00134. The van der Waals surface area contributed by atoms with Crippen molar-refractivity contribution in [3.63, 3.8) is 0 Å². The Morgan fingerprint density at radius 3 is 2.31 bits per heavy atom. The predicted octanol–water partition coefficient (Wildman–Crippen LogP) is 6.74. The van der Waals surface area contributed by atoms with Crippen molar-refractivity contribution in [3.05, 3.63) is 96.0 Å². The molecular formula is C31H32FNO6. The highest BCUT2D eigenvalue weighted by Crippen LogP contribution is 2.43. The number of aliphatic hydroxyl groups excluding tert-OH is 1. The van der Waals surface area contributed by atoms with E-state index >= 15 is 0 Å². The maximum atomic E-state index is 14.8. The Labute approximate surface area is 226 Å². The Bertz CT molecular complexity index is 1390. The lowest BCUT2D eigenvalue weighted by Crippen LogP contribution is -2.32. The molecule has 0 fully saturated rings. The smallest absolute Gasteiger partial charge is 0.306 e. The quantitative estimate of drug-likeness (QED) is 0.173. The van der Waals surface area contributed by atoms with Gasteiger partial charge in [0, 0.05) is 29.2 Å². The fourth-order valence-electron chi connectivity index (χ4n) is 4.49. The molecule has 1 aromatic heterocycles. The lowest BCUT2D eigenvalue weighted by Gasteiger charge is -2.18. The molecule has 1 atom stereocenters. The Kier molecular flexibility index (Phi) is 9.14. The second-order valence-electron chi connectivity index (χ2n) is 9.64. The number of nitrogens with zero attached hydrogens (tertiary/aromatic N) is 1. The van der Waals surface area contributed by atoms with Gasteiger partial charge in [0.15, 0.2) is 11.6 Å². The van der Waals surface area contributed by atoms with Gasteiger partial charge < -0.3 is 24.6 Å².